The number of hydrogen-bond donors (Lipinski definition) is 3. The molecule has 0 aliphatic heterocycles. The van der Waals surface area contributed by atoms with E-state index in [1.807, 2.05) is 0 Å². The lowest BCUT2D eigenvalue weighted by molar-refractivity contribution is -0.111. The highest BCUT2D eigenvalue weighted by atomic mass is 32.2. The van der Waals surface area contributed by atoms with Crippen LogP contribution in [-0.2, 0) is 14.8 Å². The number of phenolic OH excluding ortho intramolecular Hbond substituents is 1. The Bertz CT molecular complexity index is 898. The number of allylic oxidation sites excluding steroid dienone is 2. The van der Waals surface area contributed by atoms with Crippen LogP contribution in [0.15, 0.2) is 59.2 Å². The van der Waals surface area contributed by atoms with Crippen molar-refractivity contribution in [1.82, 2.24) is 0 Å². The zero-order valence-electron chi connectivity index (χ0n) is 13.1. The smallest absolute Gasteiger partial charge is 0.261 e. The molecule has 126 valence electrons. The van der Waals surface area contributed by atoms with E-state index in [4.69, 9.17) is 0 Å². The van der Waals surface area contributed by atoms with Crippen molar-refractivity contribution in [3.63, 3.8) is 0 Å². The average Bonchev–Trinajstić information content (AvgIpc) is 2.50. The van der Waals surface area contributed by atoms with E-state index >= 15 is 0 Å². The normalized spacial score (nSPS) is 12.4. The highest BCUT2D eigenvalue weighted by molar-refractivity contribution is 7.92. The molecule has 0 atom stereocenters. The molecule has 0 spiro atoms. The standard InChI is InChI=1S/C17H17NO5S/c1-11(19)17(12(2)20)15-10-13(8-9-16(15)21)18-24(22,23)14-6-4-3-5-7-14/h3-10,18-19,21H,1-2H3. The van der Waals surface area contributed by atoms with Gasteiger partial charge < -0.3 is 10.2 Å². The molecule has 0 fully saturated rings. The molecule has 0 radical (unpaired) electrons. The van der Waals surface area contributed by atoms with Crippen LogP contribution in [0.4, 0.5) is 5.69 Å². The lowest BCUT2D eigenvalue weighted by Gasteiger charge is -2.12. The summed E-state index contributed by atoms with van der Waals surface area (Å²) in [5.74, 6) is -0.953. The highest BCUT2D eigenvalue weighted by Gasteiger charge is 2.18. The third-order valence-electron chi connectivity index (χ3n) is 3.29. The van der Waals surface area contributed by atoms with Gasteiger partial charge in [-0.3, -0.25) is 9.52 Å². The van der Waals surface area contributed by atoms with E-state index in [-0.39, 0.29) is 33.2 Å². The van der Waals surface area contributed by atoms with Gasteiger partial charge in [0.1, 0.15) is 11.5 Å². The van der Waals surface area contributed by atoms with Gasteiger partial charge in [-0.1, -0.05) is 18.2 Å². The Morgan fingerprint density at radius 1 is 1.04 bits per heavy atom. The van der Waals surface area contributed by atoms with Crippen LogP contribution < -0.4 is 4.72 Å². The van der Waals surface area contributed by atoms with Gasteiger partial charge in [0.15, 0.2) is 5.78 Å². The Morgan fingerprint density at radius 3 is 2.21 bits per heavy atom. The number of anilines is 1. The Labute approximate surface area is 140 Å². The fraction of sp³-hybridized carbons (Fsp3) is 0.118. The van der Waals surface area contributed by atoms with Crippen molar-refractivity contribution in [2.45, 2.75) is 18.7 Å². The molecule has 0 saturated heterocycles. The molecule has 2 aromatic rings. The van der Waals surface area contributed by atoms with Gasteiger partial charge in [0.2, 0.25) is 0 Å². The van der Waals surface area contributed by atoms with Crippen LogP contribution in [0.5, 0.6) is 5.75 Å². The minimum atomic E-state index is -3.80. The summed E-state index contributed by atoms with van der Waals surface area (Å²) in [6, 6.07) is 11.7. The number of hydrogen-bond acceptors (Lipinski definition) is 5. The number of carbonyl (C=O) groups is 1. The predicted molar refractivity (Wildman–Crippen MR) is 91.3 cm³/mol. The molecule has 0 unspecified atom stereocenters. The van der Waals surface area contributed by atoms with Gasteiger partial charge in [-0.25, -0.2) is 8.42 Å². The van der Waals surface area contributed by atoms with Crippen molar-refractivity contribution in [3.05, 3.63) is 59.9 Å². The first kappa shape index (κ1) is 17.6. The van der Waals surface area contributed by atoms with Gasteiger partial charge in [0, 0.05) is 11.3 Å². The van der Waals surface area contributed by atoms with E-state index in [2.05, 4.69) is 4.72 Å². The minimum Gasteiger partial charge on any atom is -0.512 e. The summed E-state index contributed by atoms with van der Waals surface area (Å²) < 4.78 is 27.0. The second-order valence-electron chi connectivity index (χ2n) is 5.17. The molecular formula is C17H17NO5S. The summed E-state index contributed by atoms with van der Waals surface area (Å²) in [4.78, 5) is 11.8. The van der Waals surface area contributed by atoms with Gasteiger partial charge in [0.25, 0.3) is 10.0 Å². The van der Waals surface area contributed by atoms with Crippen LogP contribution in [0.3, 0.4) is 0 Å². The summed E-state index contributed by atoms with van der Waals surface area (Å²) >= 11 is 0. The number of ketones is 1. The molecule has 3 N–H and O–H groups in total. The number of carbonyl (C=O) groups excluding carboxylic acids is 1. The van der Waals surface area contributed by atoms with Gasteiger partial charge in [0.05, 0.1) is 10.5 Å². The molecule has 0 amide bonds. The summed E-state index contributed by atoms with van der Waals surface area (Å²) in [5, 5.41) is 19.6. The molecule has 24 heavy (non-hydrogen) atoms. The largest absolute Gasteiger partial charge is 0.512 e. The maximum atomic E-state index is 12.3. The third kappa shape index (κ3) is 3.75. The lowest BCUT2D eigenvalue weighted by atomic mass is 10.00. The number of phenols is 1. The van der Waals surface area contributed by atoms with E-state index in [0.717, 1.165) is 0 Å². The van der Waals surface area contributed by atoms with Crippen LogP contribution >= 0.6 is 0 Å². The first-order valence-corrected chi connectivity index (χ1v) is 8.52. The van der Waals surface area contributed by atoms with Crippen LogP contribution in [0, 0.1) is 0 Å². The van der Waals surface area contributed by atoms with Crippen LogP contribution in [0.25, 0.3) is 5.57 Å². The van der Waals surface area contributed by atoms with E-state index < -0.39 is 15.8 Å². The second kappa shape index (κ2) is 6.76. The van der Waals surface area contributed by atoms with Crippen molar-refractivity contribution in [3.8, 4) is 5.75 Å². The average molecular weight is 347 g/mol. The molecule has 0 aromatic heterocycles. The number of aromatic hydroxyl groups is 1. The Hall–Kier alpha value is -2.80. The Kier molecular flexibility index (Phi) is 4.94. The number of rotatable bonds is 5. The molecular weight excluding hydrogens is 330 g/mol. The van der Waals surface area contributed by atoms with E-state index in [1.165, 1.54) is 44.2 Å². The summed E-state index contributed by atoms with van der Waals surface area (Å²) in [6.45, 7) is 2.56. The first-order valence-electron chi connectivity index (χ1n) is 7.04. The Balaban J connectivity index is 2.46. The Morgan fingerprint density at radius 2 is 1.67 bits per heavy atom. The topological polar surface area (TPSA) is 104 Å². The highest BCUT2D eigenvalue weighted by Crippen LogP contribution is 2.31. The van der Waals surface area contributed by atoms with Gasteiger partial charge in [-0.05, 0) is 44.2 Å². The number of aliphatic hydroxyl groups is 1. The van der Waals surface area contributed by atoms with Crippen molar-refractivity contribution in [2.75, 3.05) is 4.72 Å². The SMILES string of the molecule is CC(=O)C(=C(C)O)c1cc(NS(=O)(=O)c2ccccc2)ccc1O. The number of Topliss-reactive ketones (excluding diaryl/α,β-unsaturated/α-hetero) is 1. The van der Waals surface area contributed by atoms with E-state index in [1.54, 1.807) is 18.2 Å². The minimum absolute atomic E-state index is 0.0516. The van der Waals surface area contributed by atoms with E-state index in [9.17, 15) is 23.4 Å². The van der Waals surface area contributed by atoms with Gasteiger partial charge in [-0.15, -0.1) is 0 Å². The second-order valence-corrected chi connectivity index (χ2v) is 6.85. The fourth-order valence-electron chi connectivity index (χ4n) is 2.25. The summed E-state index contributed by atoms with van der Waals surface area (Å²) in [6.07, 6.45) is 0. The van der Waals surface area contributed by atoms with E-state index in [0.29, 0.717) is 0 Å². The molecule has 7 heteroatoms. The zero-order chi connectivity index (χ0) is 17.9. The molecule has 2 aromatic carbocycles. The van der Waals surface area contributed by atoms with Gasteiger partial charge >= 0.3 is 0 Å². The molecule has 0 aliphatic rings. The number of nitrogens with one attached hydrogen (secondary N) is 1. The maximum Gasteiger partial charge on any atom is 0.261 e. The van der Waals surface area contributed by atoms with Crippen molar-refractivity contribution < 1.29 is 23.4 Å². The molecule has 0 aliphatic carbocycles. The predicted octanol–water partition coefficient (Wildman–Crippen LogP) is 3.07. The number of sulfonamides is 1. The zero-order valence-corrected chi connectivity index (χ0v) is 14.0. The van der Waals surface area contributed by atoms with Crippen molar-refractivity contribution in [2.24, 2.45) is 0 Å². The molecule has 6 nitrogen and oxygen atoms in total. The van der Waals surface area contributed by atoms with Crippen molar-refractivity contribution in [1.29, 1.82) is 0 Å². The molecule has 2 rings (SSSR count). The summed E-state index contributed by atoms with van der Waals surface area (Å²) in [7, 11) is -3.80. The third-order valence-corrected chi connectivity index (χ3v) is 4.68. The number of aliphatic hydroxyl groups excluding tert-OH is 1. The van der Waals surface area contributed by atoms with Gasteiger partial charge in [-0.2, -0.15) is 0 Å². The molecule has 0 saturated carbocycles. The van der Waals surface area contributed by atoms with Crippen LogP contribution in [0.1, 0.15) is 19.4 Å². The maximum absolute atomic E-state index is 12.3. The quantitative estimate of drug-likeness (QED) is 0.438. The number of benzene rings is 2. The monoisotopic (exact) mass is 347 g/mol. The fourth-order valence-corrected chi connectivity index (χ4v) is 3.32. The summed E-state index contributed by atoms with van der Waals surface area (Å²) in [5.41, 5.74) is 0.135. The molecule has 0 bridgehead atoms. The first-order chi connectivity index (χ1) is 11.2. The van der Waals surface area contributed by atoms with Crippen LogP contribution in [-0.4, -0.2) is 24.4 Å². The van der Waals surface area contributed by atoms with Crippen molar-refractivity contribution >= 4 is 27.1 Å². The lowest BCUT2D eigenvalue weighted by Crippen LogP contribution is -2.13. The molecule has 0 heterocycles. The van der Waals surface area contributed by atoms with Crippen LogP contribution in [0.2, 0.25) is 0 Å².